The Kier molecular flexibility index (Phi) is 7.34. The van der Waals surface area contributed by atoms with Gasteiger partial charge in [0.2, 0.25) is 0 Å². The van der Waals surface area contributed by atoms with E-state index >= 15 is 0 Å². The molecule has 9 heteroatoms. The van der Waals surface area contributed by atoms with Gasteiger partial charge >= 0.3 is 0 Å². The maximum Gasteiger partial charge on any atom is 0.178 e. The molecule has 164 valence electrons. The molecule has 2 N–H and O–H groups in total. The van der Waals surface area contributed by atoms with Crippen molar-refractivity contribution in [2.45, 2.75) is 30.3 Å². The Labute approximate surface area is 179 Å². The molecule has 0 radical (unpaired) electrons. The second kappa shape index (κ2) is 9.60. The highest BCUT2D eigenvalue weighted by molar-refractivity contribution is 7.91. The smallest absolute Gasteiger partial charge is 0.178 e. The van der Waals surface area contributed by atoms with E-state index in [0.717, 1.165) is 12.1 Å². The largest absolute Gasteiger partial charge is 0.490 e. The molecule has 3 atom stereocenters. The lowest BCUT2D eigenvalue weighted by atomic mass is 9.81. The molecular weight excluding hydrogens is 438 g/mol. The second-order valence-electron chi connectivity index (χ2n) is 7.44. The van der Waals surface area contributed by atoms with Crippen LogP contribution < -0.4 is 4.74 Å². The molecule has 1 heterocycles. The third kappa shape index (κ3) is 5.11. The molecule has 3 rings (SSSR count). The molecule has 0 aliphatic carbocycles. The number of fused-ring (bicyclic) bond motifs is 1. The number of sulfone groups is 1. The molecule has 2 aromatic carbocycles. The Hall–Kier alpha value is -1.74. The Morgan fingerprint density at radius 1 is 1.13 bits per heavy atom. The number of aliphatic hydroxyl groups excluding tert-OH is 2. The summed E-state index contributed by atoms with van der Waals surface area (Å²) in [6.07, 6.45) is -0.588. The SMILES string of the molecule is O=S(=O)(CCC[C@H](O)[C@H](CO)[C@@H]1COc2c(F)ccc(F)c2C1)c1ccc(Cl)cc1. The monoisotopic (exact) mass is 460 g/mol. The van der Waals surface area contributed by atoms with Gasteiger partial charge in [0.1, 0.15) is 5.82 Å². The van der Waals surface area contributed by atoms with E-state index in [9.17, 15) is 27.4 Å². The molecule has 0 fully saturated rings. The van der Waals surface area contributed by atoms with Gasteiger partial charge in [-0.2, -0.15) is 0 Å². The van der Waals surface area contributed by atoms with Gasteiger partial charge in [-0.05, 0) is 55.7 Å². The molecule has 0 saturated carbocycles. The van der Waals surface area contributed by atoms with Crippen LogP contribution in [0.4, 0.5) is 8.78 Å². The van der Waals surface area contributed by atoms with Crippen LogP contribution in [0, 0.1) is 23.5 Å². The van der Waals surface area contributed by atoms with Crippen molar-refractivity contribution in [2.24, 2.45) is 11.8 Å². The first-order valence-electron chi connectivity index (χ1n) is 9.60. The molecule has 0 aromatic heterocycles. The summed E-state index contributed by atoms with van der Waals surface area (Å²) in [5, 5.41) is 20.7. The fourth-order valence-electron chi connectivity index (χ4n) is 3.75. The average Bonchev–Trinajstić information content (AvgIpc) is 2.71. The van der Waals surface area contributed by atoms with Crippen molar-refractivity contribution in [2.75, 3.05) is 19.0 Å². The summed E-state index contributed by atoms with van der Waals surface area (Å²) in [6.45, 7) is -0.357. The first-order valence-corrected chi connectivity index (χ1v) is 11.6. The first kappa shape index (κ1) is 22.9. The molecule has 0 saturated heterocycles. The van der Waals surface area contributed by atoms with Crippen LogP contribution in [0.25, 0.3) is 0 Å². The molecule has 0 unspecified atom stereocenters. The fraction of sp³-hybridized carbons (Fsp3) is 0.429. The molecule has 30 heavy (non-hydrogen) atoms. The maximum atomic E-state index is 14.1. The Bertz CT molecular complexity index is 982. The molecule has 0 amide bonds. The molecule has 0 bridgehead atoms. The third-order valence-electron chi connectivity index (χ3n) is 5.46. The van der Waals surface area contributed by atoms with Gasteiger partial charge in [-0.25, -0.2) is 17.2 Å². The van der Waals surface area contributed by atoms with Crippen molar-refractivity contribution in [3.05, 3.63) is 58.6 Å². The lowest BCUT2D eigenvalue weighted by molar-refractivity contribution is 0.00697. The summed E-state index contributed by atoms with van der Waals surface area (Å²) in [4.78, 5) is 0.148. The predicted octanol–water partition coefficient (Wildman–Crippen LogP) is 3.39. The Morgan fingerprint density at radius 2 is 1.80 bits per heavy atom. The van der Waals surface area contributed by atoms with E-state index < -0.39 is 39.4 Å². The molecule has 1 aliphatic heterocycles. The normalized spacial score (nSPS) is 18.4. The minimum Gasteiger partial charge on any atom is -0.490 e. The van der Waals surface area contributed by atoms with Crippen molar-refractivity contribution in [3.63, 3.8) is 0 Å². The summed E-state index contributed by atoms with van der Waals surface area (Å²) < 4.78 is 58.0. The number of benzene rings is 2. The zero-order valence-electron chi connectivity index (χ0n) is 16.1. The number of ether oxygens (including phenoxy) is 1. The van der Waals surface area contributed by atoms with E-state index in [-0.39, 0.29) is 54.4 Å². The standard InChI is InChI=1S/C21H23ClF2O5S/c22-14-3-5-15(6-4-14)30(27,28)9-1-2-20(26)17(11-25)13-10-16-18(23)7-8-19(24)21(16)29-12-13/h3-8,13,17,20,25-26H,1-2,9-12H2/t13-,17+,20-/m0/s1. The van der Waals surface area contributed by atoms with Gasteiger partial charge in [0.05, 0.1) is 23.4 Å². The lowest BCUT2D eigenvalue weighted by Gasteiger charge is -2.33. The minimum absolute atomic E-state index is 0.0265. The van der Waals surface area contributed by atoms with Gasteiger partial charge in [-0.15, -0.1) is 0 Å². The third-order valence-corrected chi connectivity index (χ3v) is 7.53. The Morgan fingerprint density at radius 3 is 2.47 bits per heavy atom. The molecule has 0 spiro atoms. The van der Waals surface area contributed by atoms with Crippen LogP contribution in [-0.2, 0) is 16.3 Å². The van der Waals surface area contributed by atoms with Crippen LogP contribution in [0.3, 0.4) is 0 Å². The van der Waals surface area contributed by atoms with Crippen LogP contribution in [-0.4, -0.2) is 43.7 Å². The summed E-state index contributed by atoms with van der Waals surface area (Å²) in [5.74, 6) is -2.64. The van der Waals surface area contributed by atoms with E-state index in [4.69, 9.17) is 16.3 Å². The maximum absolute atomic E-state index is 14.1. The van der Waals surface area contributed by atoms with Gasteiger partial charge < -0.3 is 14.9 Å². The summed E-state index contributed by atoms with van der Waals surface area (Å²) in [6, 6.07) is 7.85. The minimum atomic E-state index is -3.53. The van der Waals surface area contributed by atoms with E-state index in [1.54, 1.807) is 0 Å². The number of rotatable bonds is 8. The molecule has 1 aliphatic rings. The topological polar surface area (TPSA) is 83.8 Å². The average molecular weight is 461 g/mol. The number of hydrogen-bond donors (Lipinski definition) is 2. The van der Waals surface area contributed by atoms with Crippen molar-refractivity contribution < 1.29 is 32.1 Å². The van der Waals surface area contributed by atoms with Crippen LogP contribution >= 0.6 is 11.6 Å². The van der Waals surface area contributed by atoms with Crippen molar-refractivity contribution in [3.8, 4) is 5.75 Å². The van der Waals surface area contributed by atoms with E-state index in [1.807, 2.05) is 0 Å². The lowest BCUT2D eigenvalue weighted by Crippen LogP contribution is -2.38. The molecular formula is C21H23ClF2O5S. The number of aliphatic hydroxyl groups is 2. The Balaban J connectivity index is 1.61. The number of halogens is 3. The van der Waals surface area contributed by atoms with E-state index in [0.29, 0.717) is 5.02 Å². The first-order chi connectivity index (χ1) is 14.2. The summed E-state index contributed by atoms with van der Waals surface area (Å²) in [7, 11) is -3.53. The highest BCUT2D eigenvalue weighted by Gasteiger charge is 2.34. The van der Waals surface area contributed by atoms with Crippen LogP contribution in [0.2, 0.25) is 5.02 Å². The van der Waals surface area contributed by atoms with Crippen molar-refractivity contribution in [1.82, 2.24) is 0 Å². The predicted molar refractivity (Wildman–Crippen MR) is 108 cm³/mol. The molecule has 2 aromatic rings. The summed E-state index contributed by atoms with van der Waals surface area (Å²) >= 11 is 5.78. The fourth-order valence-corrected chi connectivity index (χ4v) is 5.21. The number of hydrogen-bond acceptors (Lipinski definition) is 5. The zero-order chi connectivity index (χ0) is 21.9. The van der Waals surface area contributed by atoms with Crippen LogP contribution in [0.1, 0.15) is 18.4 Å². The molecule has 5 nitrogen and oxygen atoms in total. The van der Waals surface area contributed by atoms with E-state index in [2.05, 4.69) is 0 Å². The van der Waals surface area contributed by atoms with Gasteiger partial charge in [-0.3, -0.25) is 0 Å². The van der Waals surface area contributed by atoms with Crippen molar-refractivity contribution in [1.29, 1.82) is 0 Å². The second-order valence-corrected chi connectivity index (χ2v) is 9.99. The summed E-state index contributed by atoms with van der Waals surface area (Å²) in [5.41, 5.74) is 0.0854. The van der Waals surface area contributed by atoms with Crippen LogP contribution in [0.5, 0.6) is 5.75 Å². The van der Waals surface area contributed by atoms with Gasteiger partial charge in [0.15, 0.2) is 21.4 Å². The van der Waals surface area contributed by atoms with Gasteiger partial charge in [0, 0.05) is 29.0 Å². The van der Waals surface area contributed by atoms with Gasteiger partial charge in [0.25, 0.3) is 0 Å². The van der Waals surface area contributed by atoms with E-state index in [1.165, 1.54) is 24.3 Å². The highest BCUT2D eigenvalue weighted by Crippen LogP contribution is 2.36. The highest BCUT2D eigenvalue weighted by atomic mass is 35.5. The van der Waals surface area contributed by atoms with Crippen molar-refractivity contribution >= 4 is 21.4 Å². The zero-order valence-corrected chi connectivity index (χ0v) is 17.7. The quantitative estimate of drug-likeness (QED) is 0.631. The van der Waals surface area contributed by atoms with Gasteiger partial charge in [-0.1, -0.05) is 11.6 Å². The van der Waals surface area contributed by atoms with Crippen LogP contribution in [0.15, 0.2) is 41.3 Å².